The van der Waals surface area contributed by atoms with Crippen molar-refractivity contribution >= 4 is 5.91 Å². The van der Waals surface area contributed by atoms with Crippen molar-refractivity contribution in [2.24, 2.45) is 11.8 Å². The van der Waals surface area contributed by atoms with Crippen molar-refractivity contribution in [3.8, 4) is 0 Å². The molecule has 0 fully saturated rings. The normalized spacial score (nSPS) is 17.1. The third kappa shape index (κ3) is 13.2. The maximum atomic E-state index is 11.9. The minimum absolute atomic E-state index is 0.0175. The summed E-state index contributed by atoms with van der Waals surface area (Å²) in [6.07, 6.45) is 19.1. The van der Waals surface area contributed by atoms with Crippen LogP contribution in [0.1, 0.15) is 53.5 Å². The maximum absolute atomic E-state index is 11.9. The highest BCUT2D eigenvalue weighted by molar-refractivity contribution is 5.93. The fourth-order valence-electron chi connectivity index (χ4n) is 3.70. The number of benzene rings is 1. The average Bonchev–Trinajstić information content (AvgIpc) is 2.86. The van der Waals surface area contributed by atoms with Crippen LogP contribution in [-0.4, -0.2) is 34.9 Å². The van der Waals surface area contributed by atoms with E-state index in [1.54, 1.807) is 26.0 Å². The zero-order valence-electron chi connectivity index (χ0n) is 22.8. The van der Waals surface area contributed by atoms with E-state index < -0.39 is 6.10 Å². The highest BCUT2D eigenvalue weighted by Gasteiger charge is 2.14. The monoisotopic (exact) mass is 491 g/mol. The number of aliphatic hydroxyl groups excluding tert-OH is 2. The number of aryl methyl sites for hydroxylation is 1. The van der Waals surface area contributed by atoms with E-state index in [9.17, 15) is 9.90 Å². The molecule has 3 N–H and O–H groups in total. The van der Waals surface area contributed by atoms with Crippen LogP contribution in [0.4, 0.5) is 0 Å². The third-order valence-corrected chi connectivity index (χ3v) is 5.93. The highest BCUT2D eigenvalue weighted by atomic mass is 16.3. The average molecular weight is 492 g/mol. The Kier molecular flexibility index (Phi) is 15.1. The lowest BCUT2D eigenvalue weighted by molar-refractivity contribution is -0.118. The zero-order valence-corrected chi connectivity index (χ0v) is 22.8. The van der Waals surface area contributed by atoms with Crippen LogP contribution in [0.5, 0.6) is 0 Å². The van der Waals surface area contributed by atoms with Gasteiger partial charge in [-0.3, -0.25) is 4.79 Å². The quantitative estimate of drug-likeness (QED) is 0.163. The molecule has 1 amide bonds. The van der Waals surface area contributed by atoms with E-state index >= 15 is 0 Å². The number of amides is 1. The lowest BCUT2D eigenvalue weighted by atomic mass is 9.92. The summed E-state index contributed by atoms with van der Waals surface area (Å²) in [7, 11) is 0. The molecule has 1 rings (SSSR count). The van der Waals surface area contributed by atoms with Crippen molar-refractivity contribution in [2.45, 2.75) is 66.5 Å². The summed E-state index contributed by atoms with van der Waals surface area (Å²) in [6.45, 7) is 11.7. The van der Waals surface area contributed by atoms with Crippen molar-refractivity contribution in [1.82, 2.24) is 5.32 Å². The van der Waals surface area contributed by atoms with Gasteiger partial charge in [0.05, 0.1) is 12.7 Å². The summed E-state index contributed by atoms with van der Waals surface area (Å²) in [5.74, 6) is 0.241. The van der Waals surface area contributed by atoms with E-state index in [2.05, 4.69) is 48.7 Å². The van der Waals surface area contributed by atoms with Crippen LogP contribution < -0.4 is 5.32 Å². The summed E-state index contributed by atoms with van der Waals surface area (Å²) in [6, 6.07) is 10.3. The first kappa shape index (κ1) is 31.1. The fourth-order valence-corrected chi connectivity index (χ4v) is 3.70. The van der Waals surface area contributed by atoms with Gasteiger partial charge in [-0.05, 0) is 57.6 Å². The second-order valence-electron chi connectivity index (χ2n) is 9.66. The van der Waals surface area contributed by atoms with E-state index in [-0.39, 0.29) is 24.5 Å². The molecule has 4 nitrogen and oxygen atoms in total. The molecule has 0 heterocycles. The van der Waals surface area contributed by atoms with Gasteiger partial charge in [0.25, 0.3) is 0 Å². The highest BCUT2D eigenvalue weighted by Crippen LogP contribution is 2.19. The maximum Gasteiger partial charge on any atom is 0.247 e. The first-order valence-electron chi connectivity index (χ1n) is 12.8. The van der Waals surface area contributed by atoms with E-state index in [0.29, 0.717) is 11.5 Å². The number of aliphatic hydroxyl groups is 2. The number of allylic oxidation sites excluding steroid dienone is 9. The van der Waals surface area contributed by atoms with Crippen LogP contribution >= 0.6 is 0 Å². The molecular weight excluding hydrogens is 446 g/mol. The first-order valence-corrected chi connectivity index (χ1v) is 12.8. The van der Waals surface area contributed by atoms with Gasteiger partial charge in [-0.2, -0.15) is 0 Å². The number of hydrogen-bond donors (Lipinski definition) is 3. The van der Waals surface area contributed by atoms with Crippen molar-refractivity contribution in [3.63, 3.8) is 0 Å². The van der Waals surface area contributed by atoms with E-state index in [1.807, 2.05) is 57.2 Å². The Balaban J connectivity index is 2.53. The second-order valence-corrected chi connectivity index (χ2v) is 9.66. The van der Waals surface area contributed by atoms with Gasteiger partial charge in [0.2, 0.25) is 5.91 Å². The molecule has 1 aromatic carbocycles. The molecule has 0 unspecified atom stereocenters. The molecule has 0 saturated carbocycles. The molecule has 0 aromatic heterocycles. The van der Waals surface area contributed by atoms with Crippen molar-refractivity contribution in [1.29, 1.82) is 0 Å². The molecule has 0 aliphatic carbocycles. The van der Waals surface area contributed by atoms with Crippen LogP contribution in [0.3, 0.4) is 0 Å². The Morgan fingerprint density at radius 1 is 0.944 bits per heavy atom. The van der Waals surface area contributed by atoms with E-state index in [1.165, 1.54) is 5.56 Å². The fraction of sp³-hybridized carbons (Fsp3) is 0.406. The summed E-state index contributed by atoms with van der Waals surface area (Å²) in [4.78, 5) is 11.9. The van der Waals surface area contributed by atoms with Crippen LogP contribution in [-0.2, 0) is 11.2 Å². The molecule has 196 valence electrons. The minimum atomic E-state index is -0.501. The van der Waals surface area contributed by atoms with Gasteiger partial charge in [0, 0.05) is 17.5 Å². The largest absolute Gasteiger partial charge is 0.394 e. The van der Waals surface area contributed by atoms with Crippen molar-refractivity contribution < 1.29 is 15.0 Å². The van der Waals surface area contributed by atoms with E-state index in [4.69, 9.17) is 5.11 Å². The molecule has 0 spiro atoms. The van der Waals surface area contributed by atoms with Crippen LogP contribution in [0.2, 0.25) is 0 Å². The molecule has 0 bridgehead atoms. The Bertz CT molecular complexity index is 966. The Morgan fingerprint density at radius 2 is 1.58 bits per heavy atom. The molecule has 0 radical (unpaired) electrons. The summed E-state index contributed by atoms with van der Waals surface area (Å²) < 4.78 is 0. The lowest BCUT2D eigenvalue weighted by Gasteiger charge is -2.19. The smallest absolute Gasteiger partial charge is 0.247 e. The van der Waals surface area contributed by atoms with Gasteiger partial charge in [-0.15, -0.1) is 0 Å². The number of carbonyl (C=O) groups is 1. The van der Waals surface area contributed by atoms with Gasteiger partial charge < -0.3 is 15.5 Å². The van der Waals surface area contributed by atoms with Crippen molar-refractivity contribution in [2.75, 3.05) is 6.61 Å². The predicted molar refractivity (Wildman–Crippen MR) is 152 cm³/mol. The molecule has 0 aliphatic heterocycles. The van der Waals surface area contributed by atoms with Gasteiger partial charge in [-0.25, -0.2) is 0 Å². The van der Waals surface area contributed by atoms with E-state index in [0.717, 1.165) is 24.0 Å². The summed E-state index contributed by atoms with van der Waals surface area (Å²) in [5.41, 5.74) is 4.04. The second kappa shape index (κ2) is 17.5. The van der Waals surface area contributed by atoms with Gasteiger partial charge in [0.15, 0.2) is 0 Å². The number of hydrogen-bond acceptors (Lipinski definition) is 3. The summed E-state index contributed by atoms with van der Waals surface area (Å²) >= 11 is 0. The Labute approximate surface area is 218 Å². The molecule has 4 atom stereocenters. The number of rotatable bonds is 14. The first-order chi connectivity index (χ1) is 17.1. The van der Waals surface area contributed by atoms with Gasteiger partial charge >= 0.3 is 0 Å². The third-order valence-electron chi connectivity index (χ3n) is 5.93. The molecule has 0 aliphatic rings. The number of nitrogens with one attached hydrogen (secondary N) is 1. The number of carbonyl (C=O) groups excluding carboxylic acids is 1. The lowest BCUT2D eigenvalue weighted by Crippen LogP contribution is -2.35. The minimum Gasteiger partial charge on any atom is -0.394 e. The van der Waals surface area contributed by atoms with Crippen LogP contribution in [0.15, 0.2) is 102 Å². The zero-order chi connectivity index (χ0) is 26.9. The SMILES string of the molecule is CC(/C=C/C=C\C=C\C=C(/C)C(=O)N[C@@H](C)CO)=C\[C@@H](C)[C@H](O)/C(C)=C/[C@H](C)CCc1ccccc1. The van der Waals surface area contributed by atoms with Gasteiger partial charge in [-0.1, -0.05) is 104 Å². The van der Waals surface area contributed by atoms with Crippen molar-refractivity contribution in [3.05, 3.63) is 107 Å². The molecule has 36 heavy (non-hydrogen) atoms. The van der Waals surface area contributed by atoms with Gasteiger partial charge in [0.1, 0.15) is 0 Å². The molecule has 4 heteroatoms. The predicted octanol–water partition coefficient (Wildman–Crippen LogP) is 6.26. The molecule has 0 saturated heterocycles. The molecular formula is C32H45NO3. The Hall–Kier alpha value is -2.95. The van der Waals surface area contributed by atoms with Crippen LogP contribution in [0.25, 0.3) is 0 Å². The standard InChI is InChI=1S/C32H45NO3/c1-24(15-11-8-7-9-12-16-26(3)32(36)33-29(6)23-34)21-27(4)31(35)28(5)22-25(2)19-20-30-17-13-10-14-18-30/h7-18,21-22,25,27,29,31,34-35H,19-20,23H2,1-6H3,(H,33,36)/b8-7-,12-9+,15-11+,24-21+,26-16+,28-22+/t25-,27-,29+,31+/m1/s1. The topological polar surface area (TPSA) is 69.6 Å². The Morgan fingerprint density at radius 3 is 2.25 bits per heavy atom. The van der Waals surface area contributed by atoms with Crippen LogP contribution in [0, 0.1) is 11.8 Å². The summed E-state index contributed by atoms with van der Waals surface area (Å²) in [5, 5.41) is 22.5. The molecule has 1 aromatic rings.